The van der Waals surface area contributed by atoms with E-state index >= 15 is 0 Å². The quantitative estimate of drug-likeness (QED) is 0.726. The number of para-hydroxylation sites is 1. The van der Waals surface area contributed by atoms with Crippen LogP contribution >= 0.6 is 0 Å². The van der Waals surface area contributed by atoms with Crippen LogP contribution < -0.4 is 10.4 Å². The predicted octanol–water partition coefficient (Wildman–Crippen LogP) is 3.02. The molecule has 0 radical (unpaired) electrons. The second kappa shape index (κ2) is 7.88. The minimum Gasteiger partial charge on any atom is -0.305 e. The Bertz CT molecular complexity index is 506. The van der Waals surface area contributed by atoms with Crippen molar-refractivity contribution in [1.82, 2.24) is 5.48 Å². The van der Waals surface area contributed by atoms with Crippen molar-refractivity contribution in [2.24, 2.45) is 0 Å². The molecular formula is C14H13NO4. The van der Waals surface area contributed by atoms with Gasteiger partial charge in [-0.05, 0) is 17.2 Å². The van der Waals surface area contributed by atoms with Crippen LogP contribution in [0.25, 0.3) is 6.08 Å². The van der Waals surface area contributed by atoms with E-state index in [4.69, 9.17) is 4.89 Å². The molecular weight excluding hydrogens is 246 g/mol. The van der Waals surface area contributed by atoms with E-state index in [2.05, 4.69) is 20.5 Å². The van der Waals surface area contributed by atoms with E-state index in [0.29, 0.717) is 5.75 Å². The Morgan fingerprint density at radius 2 is 1.58 bits per heavy atom. The van der Waals surface area contributed by atoms with E-state index in [1.165, 1.54) is 6.20 Å². The first-order valence-electron chi connectivity index (χ1n) is 5.65. The zero-order chi connectivity index (χ0) is 13.2. The molecule has 98 valence electrons. The van der Waals surface area contributed by atoms with Crippen molar-refractivity contribution in [1.29, 1.82) is 0 Å². The third-order valence-corrected chi connectivity index (χ3v) is 2.15. The van der Waals surface area contributed by atoms with E-state index in [-0.39, 0.29) is 0 Å². The number of fused-ring (bicyclic) bond motifs is 1. The van der Waals surface area contributed by atoms with Crippen LogP contribution in [-0.4, -0.2) is 0 Å². The Hall–Kier alpha value is -2.34. The summed E-state index contributed by atoms with van der Waals surface area (Å²) in [4.78, 5) is 9.43. The summed E-state index contributed by atoms with van der Waals surface area (Å²) < 4.78 is 0. The Balaban J connectivity index is 2.12. The van der Waals surface area contributed by atoms with Gasteiger partial charge in [-0.2, -0.15) is 0 Å². The van der Waals surface area contributed by atoms with E-state index < -0.39 is 0 Å². The van der Waals surface area contributed by atoms with E-state index in [9.17, 15) is 0 Å². The van der Waals surface area contributed by atoms with Crippen LogP contribution in [0.5, 0.6) is 5.75 Å². The van der Waals surface area contributed by atoms with Gasteiger partial charge >= 0.3 is 0 Å². The molecule has 1 aromatic rings. The maximum absolute atomic E-state index is 4.96. The first-order chi connectivity index (χ1) is 9.47. The number of rotatable bonds is 0. The fraction of sp³-hybridized carbons (Fsp3) is 0. The molecule has 1 aliphatic rings. The molecule has 19 heavy (non-hydrogen) atoms. The van der Waals surface area contributed by atoms with E-state index in [0.717, 1.165) is 5.56 Å². The number of hydrogen-bond donors (Lipinski definition) is 1. The van der Waals surface area contributed by atoms with Gasteiger partial charge in [0, 0.05) is 16.8 Å². The number of hydrogen-bond acceptors (Lipinski definition) is 5. The second-order valence-electron chi connectivity index (χ2n) is 3.45. The summed E-state index contributed by atoms with van der Waals surface area (Å²) in [5.74, 6) is 0.511. The van der Waals surface area contributed by atoms with Crippen LogP contribution in [0.3, 0.4) is 0 Å². The molecule has 1 aromatic carbocycles. The lowest BCUT2D eigenvalue weighted by atomic mass is 10.2. The molecule has 0 spiro atoms. The fourth-order valence-electron chi connectivity index (χ4n) is 1.32. The second-order valence-corrected chi connectivity index (χ2v) is 3.45. The van der Waals surface area contributed by atoms with Gasteiger partial charge in [-0.15, -0.1) is 0 Å². The van der Waals surface area contributed by atoms with Crippen LogP contribution in [0, 0.1) is 0 Å². The van der Waals surface area contributed by atoms with Crippen LogP contribution in [0.15, 0.2) is 66.9 Å². The molecule has 0 saturated carbocycles. The average molecular weight is 259 g/mol. The molecule has 0 atom stereocenters. The minimum absolute atomic E-state index is 0.511. The van der Waals surface area contributed by atoms with Gasteiger partial charge in [-0.3, -0.25) is 0 Å². The summed E-state index contributed by atoms with van der Waals surface area (Å²) in [7, 11) is 0. The smallest absolute Gasteiger partial charge is 0.176 e. The number of allylic oxidation sites excluding steroid dienone is 6. The van der Waals surface area contributed by atoms with Crippen molar-refractivity contribution in [2.75, 3.05) is 0 Å². The molecule has 2 rings (SSSR count). The van der Waals surface area contributed by atoms with Crippen molar-refractivity contribution >= 4 is 6.08 Å². The lowest BCUT2D eigenvalue weighted by Crippen LogP contribution is -2.09. The zero-order valence-electron chi connectivity index (χ0n) is 10.1. The van der Waals surface area contributed by atoms with Gasteiger partial charge in [0.25, 0.3) is 0 Å². The number of benzene rings is 1. The average Bonchev–Trinajstić information content (AvgIpc) is 2.45. The molecule has 1 N–H and O–H groups in total. The molecule has 0 unspecified atom stereocenters. The monoisotopic (exact) mass is 259 g/mol. The summed E-state index contributed by atoms with van der Waals surface area (Å²) in [5, 5.41) is 8.77. The van der Waals surface area contributed by atoms with Crippen molar-refractivity contribution in [2.45, 2.75) is 0 Å². The highest BCUT2D eigenvalue weighted by molar-refractivity contribution is 5.58. The summed E-state index contributed by atoms with van der Waals surface area (Å²) in [6, 6.07) is 7.35. The van der Waals surface area contributed by atoms with Crippen LogP contribution in [0.4, 0.5) is 0 Å². The predicted molar refractivity (Wildman–Crippen MR) is 69.9 cm³/mol. The zero-order valence-corrected chi connectivity index (χ0v) is 10.1. The SMILES string of the molecule is C1=C\C=C/NOOOOc2ccccc2/C=C\C=C/1. The van der Waals surface area contributed by atoms with Crippen LogP contribution in [0.2, 0.25) is 0 Å². The largest absolute Gasteiger partial charge is 0.305 e. The Kier molecular flexibility index (Phi) is 5.44. The Morgan fingerprint density at radius 1 is 0.789 bits per heavy atom. The van der Waals surface area contributed by atoms with Crippen molar-refractivity contribution < 1.29 is 20.0 Å². The molecule has 0 aliphatic carbocycles. The van der Waals surface area contributed by atoms with Gasteiger partial charge in [-0.25, -0.2) is 5.48 Å². The van der Waals surface area contributed by atoms with Gasteiger partial charge in [0.05, 0.1) is 0 Å². The highest BCUT2D eigenvalue weighted by Crippen LogP contribution is 2.19. The molecule has 5 heteroatoms. The molecule has 0 amide bonds. The van der Waals surface area contributed by atoms with E-state index in [1.54, 1.807) is 12.1 Å². The van der Waals surface area contributed by atoms with Crippen molar-refractivity contribution in [3.05, 3.63) is 72.5 Å². The summed E-state index contributed by atoms with van der Waals surface area (Å²) in [5.41, 5.74) is 3.23. The Labute approximate surface area is 110 Å². The maximum Gasteiger partial charge on any atom is 0.176 e. The van der Waals surface area contributed by atoms with Crippen LogP contribution in [0.1, 0.15) is 5.56 Å². The highest BCUT2D eigenvalue weighted by atomic mass is 17.7. The molecule has 0 bridgehead atoms. The molecule has 5 nitrogen and oxygen atoms in total. The van der Waals surface area contributed by atoms with Gasteiger partial charge < -0.3 is 4.89 Å². The third kappa shape index (κ3) is 4.81. The minimum atomic E-state index is 0.511. The van der Waals surface area contributed by atoms with Crippen molar-refractivity contribution in [3.8, 4) is 5.75 Å². The molecule has 0 aromatic heterocycles. The normalized spacial score (nSPS) is 22.5. The van der Waals surface area contributed by atoms with Gasteiger partial charge in [0.1, 0.15) is 0 Å². The summed E-state index contributed by atoms with van der Waals surface area (Å²) >= 11 is 0. The molecule has 1 aliphatic heterocycles. The number of hydroxylamine groups is 1. The van der Waals surface area contributed by atoms with E-state index in [1.807, 2.05) is 54.7 Å². The lowest BCUT2D eigenvalue weighted by Gasteiger charge is -2.04. The summed E-state index contributed by atoms with van der Waals surface area (Å²) in [6.45, 7) is 0. The van der Waals surface area contributed by atoms with Crippen molar-refractivity contribution in [3.63, 3.8) is 0 Å². The first-order valence-corrected chi connectivity index (χ1v) is 5.65. The molecule has 1 heterocycles. The Morgan fingerprint density at radius 3 is 2.53 bits per heavy atom. The van der Waals surface area contributed by atoms with Gasteiger partial charge in [0.15, 0.2) is 5.75 Å². The first kappa shape index (κ1) is 13.1. The highest BCUT2D eigenvalue weighted by Gasteiger charge is 2.01. The fourth-order valence-corrected chi connectivity index (χ4v) is 1.32. The maximum atomic E-state index is 4.96. The topological polar surface area (TPSA) is 49.0 Å². The third-order valence-electron chi connectivity index (χ3n) is 2.15. The van der Waals surface area contributed by atoms with Crippen LogP contribution in [-0.2, 0) is 15.1 Å². The molecule has 0 fully saturated rings. The molecule has 0 saturated heterocycles. The van der Waals surface area contributed by atoms with Gasteiger partial charge in [0.2, 0.25) is 0 Å². The lowest BCUT2D eigenvalue weighted by molar-refractivity contribution is -0.618. The number of nitrogens with one attached hydrogen (secondary N) is 1. The summed E-state index contributed by atoms with van der Waals surface area (Å²) in [6.07, 6.45) is 14.5. The standard InChI is InChI=1S/C14H13NO4/c1-2-4-8-12-15-17-19-18-16-14-11-7-6-10-13(14)9-5-3-1/h1-12,15H/b3-1-,4-2-,9-5-,12-8-. The van der Waals surface area contributed by atoms with Gasteiger partial charge in [-0.1, -0.05) is 59.6 Å².